The fraction of sp³-hybridized carbons (Fsp3) is 0.440. The summed E-state index contributed by atoms with van der Waals surface area (Å²) in [7, 11) is 0. The third-order valence-corrected chi connectivity index (χ3v) is 6.34. The Kier molecular flexibility index (Phi) is 8.34. The van der Waals surface area contributed by atoms with Crippen molar-refractivity contribution in [2.24, 2.45) is 0 Å². The lowest BCUT2D eigenvalue weighted by atomic mass is 9.96. The molecule has 0 amide bonds. The summed E-state index contributed by atoms with van der Waals surface area (Å²) in [6.45, 7) is 5.01. The van der Waals surface area contributed by atoms with Gasteiger partial charge in [0.05, 0.1) is 19.4 Å². The van der Waals surface area contributed by atoms with E-state index in [2.05, 4.69) is 50.2 Å². The summed E-state index contributed by atoms with van der Waals surface area (Å²) in [5, 5.41) is 4.11. The second kappa shape index (κ2) is 11.8. The number of unbranched alkanes of at least 4 members (excludes halogenated alkanes) is 1. The summed E-state index contributed by atoms with van der Waals surface area (Å²) in [5.41, 5.74) is 1.23. The van der Waals surface area contributed by atoms with Gasteiger partial charge in [-0.15, -0.1) is 0 Å². The van der Waals surface area contributed by atoms with Crippen molar-refractivity contribution in [3.63, 3.8) is 0 Å². The Morgan fingerprint density at radius 1 is 1.12 bits per heavy atom. The van der Waals surface area contributed by atoms with E-state index in [1.807, 2.05) is 24.4 Å². The Morgan fingerprint density at radius 3 is 2.75 bits per heavy atom. The zero-order valence-corrected chi connectivity index (χ0v) is 19.3. The van der Waals surface area contributed by atoms with Crippen molar-refractivity contribution in [2.45, 2.75) is 51.3 Å². The van der Waals surface area contributed by atoms with E-state index < -0.39 is 0 Å². The van der Waals surface area contributed by atoms with Crippen molar-refractivity contribution in [2.75, 3.05) is 19.7 Å². The molecule has 1 saturated heterocycles. The van der Waals surface area contributed by atoms with E-state index in [1.54, 1.807) is 6.26 Å². The smallest absolute Gasteiger partial charge is 0.169 e. The molecule has 0 aliphatic carbocycles. The van der Waals surface area contributed by atoms with Crippen molar-refractivity contribution >= 4 is 17.3 Å². The van der Waals surface area contributed by atoms with Crippen LogP contribution in [0.2, 0.25) is 0 Å². The number of rotatable bonds is 10. The number of ether oxygens (including phenoxy) is 1. The van der Waals surface area contributed by atoms with Gasteiger partial charge in [0.25, 0.3) is 0 Å². The number of benzene rings is 1. The van der Waals surface area contributed by atoms with Crippen LogP contribution in [0, 0.1) is 0 Å². The second-order valence-corrected chi connectivity index (χ2v) is 8.61. The first-order valence-electron chi connectivity index (χ1n) is 11.5. The van der Waals surface area contributed by atoms with Gasteiger partial charge in [0, 0.05) is 44.6 Å². The molecule has 0 bridgehead atoms. The normalized spacial score (nSPS) is 14.6. The van der Waals surface area contributed by atoms with Gasteiger partial charge in [0.2, 0.25) is 0 Å². The third kappa shape index (κ3) is 6.43. The number of hydrogen-bond donors (Lipinski definition) is 1. The molecule has 0 atom stereocenters. The number of aromatic nitrogens is 2. The monoisotopic (exact) mass is 452 g/mol. The minimum atomic E-state index is 0.489. The van der Waals surface area contributed by atoms with Crippen molar-refractivity contribution in [1.29, 1.82) is 0 Å². The number of thiocarbonyl (C=S) groups is 1. The van der Waals surface area contributed by atoms with Gasteiger partial charge in [-0.3, -0.25) is 0 Å². The number of piperidine rings is 1. The first-order valence-corrected chi connectivity index (χ1v) is 11.9. The van der Waals surface area contributed by atoms with Crippen LogP contribution >= 0.6 is 12.2 Å². The highest BCUT2D eigenvalue weighted by atomic mass is 32.1. The lowest BCUT2D eigenvalue weighted by Gasteiger charge is -2.33. The van der Waals surface area contributed by atoms with Gasteiger partial charge in [0.1, 0.15) is 11.6 Å². The first-order chi connectivity index (χ1) is 15.8. The number of likely N-dealkylation sites (tertiary alicyclic amines) is 1. The van der Waals surface area contributed by atoms with Crippen LogP contribution in [-0.4, -0.2) is 39.3 Å². The highest BCUT2D eigenvalue weighted by Gasteiger charge is 2.25. The molecule has 0 unspecified atom stereocenters. The van der Waals surface area contributed by atoms with Crippen LogP contribution < -0.4 is 5.32 Å². The standard InChI is InChI=1S/C25H32N4O2S/c32-25(27-19-23-9-6-18-31-23)29-14-10-22(11-15-29)24-26-12-16-28(24)13-4-5-17-30-20-21-7-2-1-3-8-21/h1-3,6-9,12,16,18,22H,4-5,10-11,13-15,17,19-20H2,(H,27,32). The number of imidazole rings is 1. The van der Waals surface area contributed by atoms with Crippen LogP contribution in [-0.2, 0) is 24.4 Å². The Balaban J connectivity index is 1.15. The molecule has 32 heavy (non-hydrogen) atoms. The summed E-state index contributed by atoms with van der Waals surface area (Å²) >= 11 is 5.58. The Morgan fingerprint density at radius 2 is 1.97 bits per heavy atom. The summed E-state index contributed by atoms with van der Waals surface area (Å²) in [6.07, 6.45) is 10.0. The molecule has 0 spiro atoms. The van der Waals surface area contributed by atoms with Gasteiger partial charge in [-0.05, 0) is 55.6 Å². The molecule has 1 aliphatic rings. The Hall–Kier alpha value is -2.64. The van der Waals surface area contributed by atoms with E-state index in [-0.39, 0.29) is 0 Å². The van der Waals surface area contributed by atoms with Gasteiger partial charge in [0.15, 0.2) is 5.11 Å². The van der Waals surface area contributed by atoms with Gasteiger partial charge in [-0.25, -0.2) is 4.98 Å². The highest BCUT2D eigenvalue weighted by Crippen LogP contribution is 2.27. The fourth-order valence-corrected chi connectivity index (χ4v) is 4.40. The van der Waals surface area contributed by atoms with Gasteiger partial charge in [-0.2, -0.15) is 0 Å². The minimum Gasteiger partial charge on any atom is -0.467 e. The second-order valence-electron chi connectivity index (χ2n) is 8.22. The van der Waals surface area contributed by atoms with Crippen molar-refractivity contribution in [3.05, 3.63) is 78.3 Å². The summed E-state index contributed by atoms with van der Waals surface area (Å²) in [4.78, 5) is 6.94. The fourth-order valence-electron chi connectivity index (χ4n) is 4.15. The van der Waals surface area contributed by atoms with Crippen molar-refractivity contribution in [3.8, 4) is 0 Å². The highest BCUT2D eigenvalue weighted by molar-refractivity contribution is 7.80. The molecule has 1 N–H and O–H groups in total. The number of hydrogen-bond acceptors (Lipinski definition) is 4. The molecule has 1 aromatic carbocycles. The molecule has 7 heteroatoms. The summed E-state index contributed by atoms with van der Waals surface area (Å²) < 4.78 is 13.5. The summed E-state index contributed by atoms with van der Waals surface area (Å²) in [6, 6.07) is 14.2. The molecule has 2 aromatic heterocycles. The predicted octanol–water partition coefficient (Wildman–Crippen LogP) is 4.73. The number of nitrogens with one attached hydrogen (secondary N) is 1. The average molecular weight is 453 g/mol. The SMILES string of the molecule is S=C(NCc1ccco1)N1CCC(c2nccn2CCCCOCc2ccccc2)CC1. The molecule has 6 nitrogen and oxygen atoms in total. The maximum atomic E-state index is 5.81. The first kappa shape index (κ1) is 22.6. The van der Waals surface area contributed by atoms with E-state index >= 15 is 0 Å². The summed E-state index contributed by atoms with van der Waals surface area (Å²) in [5.74, 6) is 2.60. The van der Waals surface area contributed by atoms with Crippen LogP contribution in [0.4, 0.5) is 0 Å². The molecule has 0 radical (unpaired) electrons. The molecule has 1 aliphatic heterocycles. The molecule has 3 heterocycles. The van der Waals surface area contributed by atoms with Gasteiger partial charge < -0.3 is 23.9 Å². The Bertz CT molecular complexity index is 934. The van der Waals surface area contributed by atoms with Gasteiger partial charge in [-0.1, -0.05) is 30.3 Å². The van der Waals surface area contributed by atoms with Crippen molar-refractivity contribution in [1.82, 2.24) is 19.8 Å². The molecule has 3 aromatic rings. The van der Waals surface area contributed by atoms with E-state index in [0.717, 1.165) is 62.8 Å². The lowest BCUT2D eigenvalue weighted by molar-refractivity contribution is 0.116. The molecular weight excluding hydrogens is 420 g/mol. The van der Waals surface area contributed by atoms with Crippen LogP contribution in [0.25, 0.3) is 0 Å². The molecular formula is C25H32N4O2S. The average Bonchev–Trinajstić information content (AvgIpc) is 3.53. The molecule has 1 fully saturated rings. The maximum Gasteiger partial charge on any atom is 0.169 e. The van der Waals surface area contributed by atoms with Crippen molar-refractivity contribution < 1.29 is 9.15 Å². The molecule has 0 saturated carbocycles. The maximum absolute atomic E-state index is 5.81. The van der Waals surface area contributed by atoms with Crippen LogP contribution in [0.5, 0.6) is 0 Å². The quantitative estimate of drug-likeness (QED) is 0.355. The number of aryl methyl sites for hydroxylation is 1. The van der Waals surface area contributed by atoms with Crippen LogP contribution in [0.1, 0.15) is 48.7 Å². The topological polar surface area (TPSA) is 55.5 Å². The van der Waals surface area contributed by atoms with Crippen LogP contribution in [0.3, 0.4) is 0 Å². The molecule has 170 valence electrons. The number of furan rings is 1. The largest absolute Gasteiger partial charge is 0.467 e. The lowest BCUT2D eigenvalue weighted by Crippen LogP contribution is -2.43. The predicted molar refractivity (Wildman–Crippen MR) is 129 cm³/mol. The molecule has 4 rings (SSSR count). The van der Waals surface area contributed by atoms with E-state index in [0.29, 0.717) is 19.1 Å². The zero-order chi connectivity index (χ0) is 22.0. The third-order valence-electron chi connectivity index (χ3n) is 5.94. The Labute approximate surface area is 195 Å². The van der Waals surface area contributed by atoms with Crippen LogP contribution in [0.15, 0.2) is 65.5 Å². The van der Waals surface area contributed by atoms with E-state index in [9.17, 15) is 0 Å². The van der Waals surface area contributed by atoms with E-state index in [4.69, 9.17) is 21.4 Å². The van der Waals surface area contributed by atoms with E-state index in [1.165, 1.54) is 11.4 Å². The number of nitrogens with zero attached hydrogens (tertiary/aromatic N) is 3. The van der Waals surface area contributed by atoms with Gasteiger partial charge >= 0.3 is 0 Å². The zero-order valence-electron chi connectivity index (χ0n) is 18.5. The minimum absolute atomic E-state index is 0.489.